The van der Waals surface area contributed by atoms with Gasteiger partial charge in [-0.15, -0.1) is 0 Å². The fraction of sp³-hybridized carbons (Fsp3) is 0.750. The van der Waals surface area contributed by atoms with E-state index in [-0.39, 0.29) is 12.0 Å². The molecule has 0 radical (unpaired) electrons. The fourth-order valence-electron chi connectivity index (χ4n) is 3.90. The van der Waals surface area contributed by atoms with E-state index < -0.39 is 21.3 Å². The zero-order chi connectivity index (χ0) is 14.8. The molecule has 4 rings (SSSR count). The van der Waals surface area contributed by atoms with Crippen molar-refractivity contribution < 1.29 is 31.3 Å². The first-order valence-corrected chi connectivity index (χ1v) is 7.82. The van der Waals surface area contributed by atoms with Gasteiger partial charge in [-0.3, -0.25) is 4.55 Å². The average Bonchev–Trinajstić information content (AvgIpc) is 2.34. The molecule has 0 amide bonds. The number of alkyl halides is 2. The molecule has 3 atom stereocenters. The van der Waals surface area contributed by atoms with Crippen LogP contribution in [-0.2, 0) is 19.6 Å². The summed E-state index contributed by atoms with van der Waals surface area (Å²) in [6.45, 7) is -0.240. The van der Waals surface area contributed by atoms with Crippen molar-refractivity contribution in [3.8, 4) is 0 Å². The van der Waals surface area contributed by atoms with Gasteiger partial charge in [0.05, 0.1) is 0 Å². The molecule has 4 bridgehead atoms. The third-order valence-corrected chi connectivity index (χ3v) is 5.51. The maximum atomic E-state index is 13.1. The zero-order valence-electron chi connectivity index (χ0n) is 10.5. The largest absolute Gasteiger partial charge is 0.465 e. The lowest BCUT2D eigenvalue weighted by Crippen LogP contribution is -2.53. The molecule has 0 aromatic carbocycles. The Morgan fingerprint density at radius 1 is 1.50 bits per heavy atom. The van der Waals surface area contributed by atoms with Crippen molar-refractivity contribution in [2.45, 2.75) is 30.9 Å². The molecule has 8 heteroatoms. The molecule has 4 aliphatic rings. The van der Waals surface area contributed by atoms with E-state index in [1.54, 1.807) is 0 Å². The number of ether oxygens (including phenoxy) is 1. The van der Waals surface area contributed by atoms with Gasteiger partial charge in [0.25, 0.3) is 0 Å². The Labute approximate surface area is 114 Å². The quantitative estimate of drug-likeness (QED) is 0.486. The van der Waals surface area contributed by atoms with E-state index in [1.165, 1.54) is 0 Å². The molecule has 4 aliphatic carbocycles. The minimum atomic E-state index is -5.79. The van der Waals surface area contributed by atoms with Gasteiger partial charge in [0.1, 0.15) is 6.61 Å². The predicted molar refractivity (Wildman–Crippen MR) is 63.4 cm³/mol. The van der Waals surface area contributed by atoms with Crippen LogP contribution in [0.1, 0.15) is 25.7 Å². The topological polar surface area (TPSA) is 80.7 Å². The Morgan fingerprint density at radius 2 is 2.20 bits per heavy atom. The molecule has 112 valence electrons. The van der Waals surface area contributed by atoms with E-state index in [0.29, 0.717) is 11.8 Å². The zero-order valence-corrected chi connectivity index (χ0v) is 11.3. The molecular formula is C12H14F2O5S. The van der Waals surface area contributed by atoms with Gasteiger partial charge in [-0.2, -0.15) is 17.2 Å². The summed E-state index contributed by atoms with van der Waals surface area (Å²) >= 11 is 0. The van der Waals surface area contributed by atoms with E-state index in [1.807, 2.05) is 0 Å². The number of esters is 1. The number of halogens is 2. The summed E-state index contributed by atoms with van der Waals surface area (Å²) in [5, 5.41) is -4.91. The maximum absolute atomic E-state index is 13.1. The average molecular weight is 308 g/mol. The van der Waals surface area contributed by atoms with Crippen molar-refractivity contribution in [2.75, 3.05) is 6.61 Å². The lowest BCUT2D eigenvalue weighted by Gasteiger charge is -2.60. The molecular weight excluding hydrogens is 294 g/mol. The van der Waals surface area contributed by atoms with Crippen LogP contribution in [0, 0.1) is 17.3 Å². The van der Waals surface area contributed by atoms with Gasteiger partial charge in [0.2, 0.25) is 0 Å². The van der Waals surface area contributed by atoms with Crippen LogP contribution in [-0.4, -0.2) is 30.8 Å². The number of fused-ring (bicyclic) bond motifs is 1. The van der Waals surface area contributed by atoms with Gasteiger partial charge >= 0.3 is 21.3 Å². The molecule has 5 nitrogen and oxygen atoms in total. The van der Waals surface area contributed by atoms with Crippen LogP contribution in [0.4, 0.5) is 8.78 Å². The first-order valence-electron chi connectivity index (χ1n) is 6.38. The summed E-state index contributed by atoms with van der Waals surface area (Å²) in [6.07, 6.45) is 5.74. The third kappa shape index (κ3) is 1.81. The van der Waals surface area contributed by atoms with E-state index in [9.17, 15) is 22.0 Å². The van der Waals surface area contributed by atoms with Gasteiger partial charge in [-0.1, -0.05) is 11.6 Å². The number of hydrogen-bond acceptors (Lipinski definition) is 4. The van der Waals surface area contributed by atoms with Gasteiger partial charge in [-0.05, 0) is 37.5 Å². The van der Waals surface area contributed by atoms with Crippen molar-refractivity contribution in [1.82, 2.24) is 0 Å². The fourth-order valence-corrected chi connectivity index (χ4v) is 4.17. The molecule has 2 fully saturated rings. The number of carbonyl (C=O) groups excluding carboxylic acids is 1. The van der Waals surface area contributed by atoms with Crippen LogP contribution in [0.15, 0.2) is 11.6 Å². The smallest absolute Gasteiger partial charge is 0.459 e. The Hall–Kier alpha value is -1.02. The molecule has 20 heavy (non-hydrogen) atoms. The molecule has 2 saturated carbocycles. The highest BCUT2D eigenvalue weighted by molar-refractivity contribution is 7.87. The van der Waals surface area contributed by atoms with E-state index in [4.69, 9.17) is 4.55 Å². The van der Waals surface area contributed by atoms with Gasteiger partial charge < -0.3 is 4.74 Å². The highest BCUT2D eigenvalue weighted by Crippen LogP contribution is 2.65. The van der Waals surface area contributed by atoms with Crippen LogP contribution in [0.2, 0.25) is 0 Å². The molecule has 0 aromatic heterocycles. The van der Waals surface area contributed by atoms with Gasteiger partial charge in [0, 0.05) is 5.41 Å². The van der Waals surface area contributed by atoms with Crippen molar-refractivity contribution in [1.29, 1.82) is 0 Å². The van der Waals surface area contributed by atoms with Crippen LogP contribution >= 0.6 is 0 Å². The van der Waals surface area contributed by atoms with E-state index in [2.05, 4.69) is 10.8 Å². The molecule has 0 aliphatic heterocycles. The first kappa shape index (κ1) is 13.9. The summed E-state index contributed by atoms with van der Waals surface area (Å²) in [7, 11) is -5.79. The maximum Gasteiger partial charge on any atom is 0.465 e. The van der Waals surface area contributed by atoms with Crippen LogP contribution in [0.25, 0.3) is 0 Å². The van der Waals surface area contributed by atoms with Gasteiger partial charge in [-0.25, -0.2) is 4.79 Å². The Kier molecular flexibility index (Phi) is 2.79. The lowest BCUT2D eigenvalue weighted by molar-refractivity contribution is -0.168. The van der Waals surface area contributed by atoms with Crippen LogP contribution in [0.3, 0.4) is 0 Å². The number of rotatable bonds is 4. The van der Waals surface area contributed by atoms with Crippen molar-refractivity contribution in [2.24, 2.45) is 17.3 Å². The summed E-state index contributed by atoms with van der Waals surface area (Å²) in [5.41, 5.74) is 0.777. The lowest BCUT2D eigenvalue weighted by atomic mass is 9.45. The van der Waals surface area contributed by atoms with Gasteiger partial charge in [0.15, 0.2) is 0 Å². The number of carbonyl (C=O) groups is 1. The molecule has 0 heterocycles. The summed E-state index contributed by atoms with van der Waals surface area (Å²) in [4.78, 5) is 11.2. The summed E-state index contributed by atoms with van der Waals surface area (Å²) in [6, 6.07) is 0. The van der Waals surface area contributed by atoms with Crippen LogP contribution < -0.4 is 0 Å². The van der Waals surface area contributed by atoms with E-state index in [0.717, 1.165) is 31.3 Å². The molecule has 0 aromatic rings. The second kappa shape index (κ2) is 4.00. The molecule has 1 N–H and O–H groups in total. The van der Waals surface area contributed by atoms with Crippen LogP contribution in [0.5, 0.6) is 0 Å². The Bertz CT molecular complexity index is 597. The van der Waals surface area contributed by atoms with Crippen molar-refractivity contribution in [3.05, 3.63) is 11.6 Å². The normalized spacial score (nSPS) is 35.2. The second-order valence-corrected chi connectivity index (χ2v) is 7.41. The monoisotopic (exact) mass is 308 g/mol. The minimum Gasteiger partial charge on any atom is -0.459 e. The first-order chi connectivity index (χ1) is 9.16. The predicted octanol–water partition coefficient (Wildman–Crippen LogP) is 1.76. The molecule has 0 saturated heterocycles. The third-order valence-electron chi connectivity index (χ3n) is 4.70. The standard InChI is InChI=1S/C12H14F2O5S/c13-12(14,20(16,17)18)10(15)19-6-11-4-7-1-2-9(11)8(3-7)5-11/h2,7-8H,1,3-6H2,(H,16,17,18). The minimum absolute atomic E-state index is 0.240. The van der Waals surface area contributed by atoms with E-state index >= 15 is 0 Å². The number of allylic oxidation sites excluding steroid dienone is 1. The highest BCUT2D eigenvalue weighted by atomic mass is 32.2. The summed E-state index contributed by atoms with van der Waals surface area (Å²) in [5.74, 6) is -1.25. The molecule has 3 unspecified atom stereocenters. The number of hydrogen-bond donors (Lipinski definition) is 1. The summed E-state index contributed by atoms with van der Waals surface area (Å²) < 4.78 is 59.9. The molecule has 0 spiro atoms. The Morgan fingerprint density at radius 3 is 2.70 bits per heavy atom. The van der Waals surface area contributed by atoms with Crippen molar-refractivity contribution in [3.63, 3.8) is 0 Å². The highest BCUT2D eigenvalue weighted by Gasteiger charge is 2.59. The van der Waals surface area contributed by atoms with Crippen molar-refractivity contribution >= 4 is 16.1 Å². The SMILES string of the molecule is O=C(OCC12CC3CC=C1C(C3)C2)C(F)(F)S(=O)(=O)O. The second-order valence-electron chi connectivity index (χ2n) is 5.95. The Balaban J connectivity index is 1.68.